The van der Waals surface area contributed by atoms with E-state index < -0.39 is 0 Å². The second-order valence-electron chi connectivity index (χ2n) is 10.1. The minimum absolute atomic E-state index is 0.252. The van der Waals surface area contributed by atoms with Crippen molar-refractivity contribution in [2.24, 2.45) is 0 Å². The lowest BCUT2D eigenvalue weighted by atomic mass is 10.00. The number of aromatic nitrogens is 3. The third-order valence-corrected chi connectivity index (χ3v) is 7.57. The summed E-state index contributed by atoms with van der Waals surface area (Å²) in [4.78, 5) is 16.2. The monoisotopic (exact) mass is 547 g/mol. The molecule has 1 unspecified atom stereocenters. The highest BCUT2D eigenvalue weighted by atomic mass is 16.5. The van der Waals surface area contributed by atoms with E-state index in [9.17, 15) is 4.79 Å². The molecule has 0 bridgehead atoms. The van der Waals surface area contributed by atoms with E-state index in [0.29, 0.717) is 23.7 Å². The van der Waals surface area contributed by atoms with Crippen LogP contribution in [0.15, 0.2) is 91.1 Å². The maximum atomic E-state index is 14.4. The van der Waals surface area contributed by atoms with Crippen molar-refractivity contribution in [1.29, 1.82) is 0 Å². The van der Waals surface area contributed by atoms with Crippen molar-refractivity contribution in [2.75, 3.05) is 19.5 Å². The molecule has 0 aliphatic carbocycles. The predicted molar refractivity (Wildman–Crippen MR) is 159 cm³/mol. The number of methoxy groups -OCH3 is 2. The number of hydrogen-bond acceptors (Lipinski definition) is 4. The lowest BCUT2D eigenvalue weighted by molar-refractivity contribution is 0.194. The van der Waals surface area contributed by atoms with Gasteiger partial charge in [0, 0.05) is 17.8 Å². The third-order valence-electron chi connectivity index (χ3n) is 7.57. The van der Waals surface area contributed by atoms with E-state index in [0.717, 1.165) is 46.0 Å². The zero-order chi connectivity index (χ0) is 28.5. The van der Waals surface area contributed by atoms with Gasteiger partial charge in [0.2, 0.25) is 0 Å². The van der Waals surface area contributed by atoms with Gasteiger partial charge in [-0.1, -0.05) is 55.0 Å². The van der Waals surface area contributed by atoms with Gasteiger partial charge in [-0.05, 0) is 55.3 Å². The number of carbonyl (C=O) groups is 1. The number of ether oxygens (including phenoxy) is 2. The van der Waals surface area contributed by atoms with Crippen LogP contribution in [-0.4, -0.2) is 39.5 Å². The van der Waals surface area contributed by atoms with Crippen LogP contribution in [0.5, 0.6) is 11.5 Å². The Labute approximate surface area is 239 Å². The molecule has 3 heterocycles. The van der Waals surface area contributed by atoms with Gasteiger partial charge in [0.25, 0.3) is 0 Å². The first-order chi connectivity index (χ1) is 20.0. The number of rotatable bonds is 6. The van der Waals surface area contributed by atoms with Crippen LogP contribution in [0, 0.1) is 6.92 Å². The number of carbonyl (C=O) groups excluding carboxylic acids is 1. The van der Waals surface area contributed by atoms with Crippen molar-refractivity contribution in [3.63, 3.8) is 0 Å². The SMILES string of the molecule is CCc1nn(-c2ccccc2)c2c1CN(C(=O)Nc1cc(OC)ccc1OC)C(c1cccc(C)c1)c1cccn1-2. The second-order valence-corrected chi connectivity index (χ2v) is 10.1. The molecule has 41 heavy (non-hydrogen) atoms. The first kappa shape index (κ1) is 26.3. The first-order valence-electron chi connectivity index (χ1n) is 13.7. The summed E-state index contributed by atoms with van der Waals surface area (Å²) in [7, 11) is 3.19. The highest BCUT2D eigenvalue weighted by Gasteiger charge is 2.36. The maximum absolute atomic E-state index is 14.4. The van der Waals surface area contributed by atoms with E-state index >= 15 is 0 Å². The Morgan fingerprint density at radius 2 is 1.80 bits per heavy atom. The molecule has 0 spiro atoms. The number of urea groups is 1. The van der Waals surface area contributed by atoms with Gasteiger partial charge >= 0.3 is 6.03 Å². The standard InChI is InChI=1S/C33H33N5O3/c1-5-27-26-21-37(33(39)34-28-20-25(40-3)16-17-30(28)41-4)31(23-12-9-11-22(2)19-23)29-15-10-18-36(29)32(26)38(35-27)24-13-7-6-8-14-24/h6-20,31H,5,21H2,1-4H3,(H,34,39). The Kier molecular flexibility index (Phi) is 6.97. The summed E-state index contributed by atoms with van der Waals surface area (Å²) in [6.45, 7) is 4.54. The quantitative estimate of drug-likeness (QED) is 0.257. The fourth-order valence-corrected chi connectivity index (χ4v) is 5.64. The van der Waals surface area contributed by atoms with Gasteiger partial charge in [-0.25, -0.2) is 9.48 Å². The van der Waals surface area contributed by atoms with Crippen molar-refractivity contribution in [3.8, 4) is 23.0 Å². The Hall–Kier alpha value is -4.98. The van der Waals surface area contributed by atoms with Crippen LogP contribution >= 0.6 is 0 Å². The number of anilines is 1. The molecule has 1 atom stereocenters. The number of nitrogens with zero attached hydrogens (tertiary/aromatic N) is 4. The van der Waals surface area contributed by atoms with Crippen molar-refractivity contribution in [2.45, 2.75) is 32.9 Å². The van der Waals surface area contributed by atoms with Crippen molar-refractivity contribution in [1.82, 2.24) is 19.2 Å². The van der Waals surface area contributed by atoms with Crippen LogP contribution in [0.4, 0.5) is 10.5 Å². The molecular formula is C33H33N5O3. The Morgan fingerprint density at radius 1 is 0.976 bits per heavy atom. The molecule has 3 aromatic carbocycles. The molecule has 2 amide bonds. The molecule has 0 saturated carbocycles. The van der Waals surface area contributed by atoms with Crippen LogP contribution in [0.25, 0.3) is 11.5 Å². The average Bonchev–Trinajstić information content (AvgIpc) is 3.58. The number of amides is 2. The minimum Gasteiger partial charge on any atom is -0.497 e. The third kappa shape index (κ3) is 4.71. The van der Waals surface area contributed by atoms with Crippen LogP contribution in [0.2, 0.25) is 0 Å². The summed E-state index contributed by atoms with van der Waals surface area (Å²) in [5.74, 6) is 2.12. The van der Waals surface area contributed by atoms with E-state index in [1.165, 1.54) is 0 Å². The molecule has 0 saturated heterocycles. The summed E-state index contributed by atoms with van der Waals surface area (Å²) in [6.07, 6.45) is 2.79. The van der Waals surface area contributed by atoms with Crippen LogP contribution in [0.3, 0.4) is 0 Å². The molecule has 8 nitrogen and oxygen atoms in total. The van der Waals surface area contributed by atoms with Crippen LogP contribution in [0.1, 0.15) is 41.0 Å². The van der Waals surface area contributed by atoms with Gasteiger partial charge in [-0.3, -0.25) is 0 Å². The zero-order valence-electron chi connectivity index (χ0n) is 23.7. The fraction of sp³-hybridized carbons (Fsp3) is 0.212. The topological polar surface area (TPSA) is 73.6 Å². The lowest BCUT2D eigenvalue weighted by Gasteiger charge is -2.31. The molecule has 5 aromatic rings. The molecule has 1 aliphatic heterocycles. The van der Waals surface area contributed by atoms with Gasteiger partial charge in [-0.2, -0.15) is 5.10 Å². The number of fused-ring (bicyclic) bond motifs is 3. The van der Waals surface area contributed by atoms with E-state index in [-0.39, 0.29) is 12.1 Å². The van der Waals surface area contributed by atoms with Gasteiger partial charge in [0.05, 0.1) is 49.6 Å². The summed E-state index contributed by atoms with van der Waals surface area (Å²) >= 11 is 0. The predicted octanol–water partition coefficient (Wildman–Crippen LogP) is 6.69. The Balaban J connectivity index is 1.54. The maximum Gasteiger partial charge on any atom is 0.323 e. The highest BCUT2D eigenvalue weighted by Crippen LogP contribution is 2.40. The molecular weight excluding hydrogens is 514 g/mol. The molecule has 6 rings (SSSR count). The number of aryl methyl sites for hydroxylation is 2. The molecule has 1 aliphatic rings. The summed E-state index contributed by atoms with van der Waals surface area (Å²) in [5, 5.41) is 8.16. The molecule has 8 heteroatoms. The van der Waals surface area contributed by atoms with Crippen LogP contribution in [-0.2, 0) is 13.0 Å². The smallest absolute Gasteiger partial charge is 0.323 e. The average molecular weight is 548 g/mol. The number of hydrogen-bond donors (Lipinski definition) is 1. The molecule has 0 fully saturated rings. The number of nitrogens with one attached hydrogen (secondary N) is 1. The molecule has 208 valence electrons. The molecule has 0 radical (unpaired) electrons. The van der Waals surface area contributed by atoms with Crippen LogP contribution < -0.4 is 14.8 Å². The lowest BCUT2D eigenvalue weighted by Crippen LogP contribution is -2.38. The van der Waals surface area contributed by atoms with E-state index in [2.05, 4.69) is 66.3 Å². The minimum atomic E-state index is -0.358. The second kappa shape index (κ2) is 10.9. The van der Waals surface area contributed by atoms with Crippen molar-refractivity contribution >= 4 is 11.7 Å². The summed E-state index contributed by atoms with van der Waals surface area (Å²) < 4.78 is 15.2. The van der Waals surface area contributed by atoms with Gasteiger partial charge in [-0.15, -0.1) is 0 Å². The summed E-state index contributed by atoms with van der Waals surface area (Å²) in [5.41, 5.74) is 6.59. The first-order valence-corrected chi connectivity index (χ1v) is 13.7. The van der Waals surface area contributed by atoms with Crippen molar-refractivity contribution in [3.05, 3.63) is 119 Å². The van der Waals surface area contributed by atoms with E-state index in [4.69, 9.17) is 14.6 Å². The van der Waals surface area contributed by atoms with E-state index in [1.807, 2.05) is 39.9 Å². The molecule has 1 N–H and O–H groups in total. The largest absolute Gasteiger partial charge is 0.497 e. The normalized spacial score (nSPS) is 14.1. The summed E-state index contributed by atoms with van der Waals surface area (Å²) in [6, 6.07) is 27.4. The van der Waals surface area contributed by atoms with E-state index in [1.54, 1.807) is 32.4 Å². The number of para-hydroxylation sites is 1. The zero-order valence-corrected chi connectivity index (χ0v) is 23.7. The Bertz CT molecular complexity index is 1710. The van der Waals surface area contributed by atoms with Gasteiger partial charge < -0.3 is 24.3 Å². The fourth-order valence-electron chi connectivity index (χ4n) is 5.64. The Morgan fingerprint density at radius 3 is 2.54 bits per heavy atom. The van der Waals surface area contributed by atoms with Crippen molar-refractivity contribution < 1.29 is 14.3 Å². The molecule has 2 aromatic heterocycles. The highest BCUT2D eigenvalue weighted by molar-refractivity contribution is 5.92. The van der Waals surface area contributed by atoms with Gasteiger partial charge in [0.15, 0.2) is 0 Å². The number of benzene rings is 3. The van der Waals surface area contributed by atoms with Gasteiger partial charge in [0.1, 0.15) is 17.3 Å².